The number of hydrogen-bond donors (Lipinski definition) is 2. The molecular weight excluding hydrogens is 284 g/mol. The molecule has 20 heavy (non-hydrogen) atoms. The highest BCUT2D eigenvalue weighted by atomic mass is 32.2. The van der Waals surface area contributed by atoms with Gasteiger partial charge in [0.15, 0.2) is 0 Å². The van der Waals surface area contributed by atoms with E-state index in [0.717, 1.165) is 0 Å². The van der Waals surface area contributed by atoms with Crippen molar-refractivity contribution in [2.45, 2.75) is 26.5 Å². The third-order valence-electron chi connectivity index (χ3n) is 2.86. The number of hydrogen-bond acceptors (Lipinski definition) is 6. The predicted octanol–water partition coefficient (Wildman–Crippen LogP) is -0.263. The van der Waals surface area contributed by atoms with Gasteiger partial charge in [0.1, 0.15) is 11.4 Å². The van der Waals surface area contributed by atoms with Crippen LogP contribution in [-0.4, -0.2) is 55.2 Å². The fraction of sp³-hybridized carbons (Fsp3) is 0.727. The van der Waals surface area contributed by atoms with E-state index in [2.05, 4.69) is 10.4 Å². The molecule has 1 aromatic rings. The van der Waals surface area contributed by atoms with Crippen LogP contribution in [0.3, 0.4) is 0 Å². The monoisotopic (exact) mass is 304 g/mol. The van der Waals surface area contributed by atoms with E-state index in [-0.39, 0.29) is 12.2 Å². The summed E-state index contributed by atoms with van der Waals surface area (Å²) in [6.07, 6.45) is 0.908. The van der Waals surface area contributed by atoms with E-state index in [1.165, 1.54) is 4.68 Å². The molecule has 2 unspecified atom stereocenters. The number of aryl methyl sites for hydroxylation is 1. The van der Waals surface area contributed by atoms with E-state index in [4.69, 9.17) is 0 Å². The summed E-state index contributed by atoms with van der Waals surface area (Å²) in [5.41, 5.74) is 0.766. The van der Waals surface area contributed by atoms with Crippen molar-refractivity contribution in [1.82, 2.24) is 15.1 Å². The molecule has 8 nitrogen and oxygen atoms in total. The molecule has 0 aliphatic rings. The average molecular weight is 304 g/mol. The number of nitrogens with zero attached hydrogens (tertiary/aromatic N) is 3. The molecule has 1 heterocycles. The number of rotatable bonds is 8. The Morgan fingerprint density at radius 3 is 2.70 bits per heavy atom. The van der Waals surface area contributed by atoms with Crippen LogP contribution in [0.5, 0.6) is 0 Å². The highest BCUT2D eigenvalue weighted by Crippen LogP contribution is 2.21. The third-order valence-corrected chi connectivity index (χ3v) is 3.63. The number of nitrogens with one attached hydrogen (secondary N) is 1. The molecule has 0 bridgehead atoms. The van der Waals surface area contributed by atoms with Gasteiger partial charge in [-0.25, -0.2) is 0 Å². The zero-order valence-corrected chi connectivity index (χ0v) is 12.6. The average Bonchev–Trinajstić information content (AvgIpc) is 2.59. The SMILES string of the molecule is Cc1nn(CC(O)CNCCS(C)=O)c(C)c1[N+](=O)[O-]. The van der Waals surface area contributed by atoms with Crippen LogP contribution in [-0.2, 0) is 17.3 Å². The van der Waals surface area contributed by atoms with Crippen molar-refractivity contribution in [3.63, 3.8) is 0 Å². The van der Waals surface area contributed by atoms with E-state index in [1.807, 2.05) is 0 Å². The summed E-state index contributed by atoms with van der Waals surface area (Å²) in [7, 11) is -0.864. The molecule has 0 radical (unpaired) electrons. The van der Waals surface area contributed by atoms with E-state index >= 15 is 0 Å². The van der Waals surface area contributed by atoms with Gasteiger partial charge in [-0.1, -0.05) is 0 Å². The minimum atomic E-state index is -0.864. The highest BCUT2D eigenvalue weighted by Gasteiger charge is 2.22. The Hall–Kier alpha value is -1.32. The van der Waals surface area contributed by atoms with Gasteiger partial charge in [0.05, 0.1) is 17.6 Å². The van der Waals surface area contributed by atoms with Gasteiger partial charge in [0.25, 0.3) is 0 Å². The molecule has 1 aromatic heterocycles. The quantitative estimate of drug-likeness (QED) is 0.389. The summed E-state index contributed by atoms with van der Waals surface area (Å²) in [5, 5.41) is 27.8. The number of nitro groups is 1. The van der Waals surface area contributed by atoms with Gasteiger partial charge in [-0.15, -0.1) is 0 Å². The molecule has 1 rings (SSSR count). The lowest BCUT2D eigenvalue weighted by molar-refractivity contribution is -0.386. The Morgan fingerprint density at radius 1 is 1.55 bits per heavy atom. The zero-order chi connectivity index (χ0) is 15.3. The fourth-order valence-electron chi connectivity index (χ4n) is 1.88. The van der Waals surface area contributed by atoms with E-state index < -0.39 is 21.8 Å². The van der Waals surface area contributed by atoms with Crippen molar-refractivity contribution in [3.8, 4) is 0 Å². The minimum Gasteiger partial charge on any atom is -0.390 e. The maximum absolute atomic E-state index is 10.9. The van der Waals surface area contributed by atoms with Crippen LogP contribution < -0.4 is 5.32 Å². The molecule has 2 atom stereocenters. The molecule has 2 N–H and O–H groups in total. The molecule has 0 amide bonds. The summed E-state index contributed by atoms with van der Waals surface area (Å²) in [6, 6.07) is 0. The minimum absolute atomic E-state index is 0.00783. The van der Waals surface area contributed by atoms with Gasteiger partial charge in [-0.05, 0) is 13.8 Å². The molecule has 0 spiro atoms. The van der Waals surface area contributed by atoms with Crippen LogP contribution in [0.4, 0.5) is 5.69 Å². The second-order valence-electron chi connectivity index (χ2n) is 4.59. The molecule has 0 saturated heterocycles. The van der Waals surface area contributed by atoms with Crippen molar-refractivity contribution in [2.75, 3.05) is 25.1 Å². The molecular formula is C11H20N4O4S. The Bertz CT molecular complexity index is 503. The molecule has 0 saturated carbocycles. The van der Waals surface area contributed by atoms with Crippen LogP contribution >= 0.6 is 0 Å². The molecule has 0 aromatic carbocycles. The molecule has 0 aliphatic carbocycles. The standard InChI is InChI=1S/C11H20N4O4S/c1-8-11(15(17)18)9(2)14(13-8)7-10(16)6-12-4-5-20(3)19/h10,12,16H,4-7H2,1-3H3. The van der Waals surface area contributed by atoms with Crippen LogP contribution in [0.2, 0.25) is 0 Å². The lowest BCUT2D eigenvalue weighted by atomic mass is 10.3. The first-order valence-electron chi connectivity index (χ1n) is 6.20. The van der Waals surface area contributed by atoms with Crippen molar-refractivity contribution in [3.05, 3.63) is 21.5 Å². The largest absolute Gasteiger partial charge is 0.390 e. The van der Waals surface area contributed by atoms with Crippen molar-refractivity contribution < 1.29 is 14.2 Å². The summed E-state index contributed by atoms with van der Waals surface area (Å²) in [5.74, 6) is 0.526. The lowest BCUT2D eigenvalue weighted by Crippen LogP contribution is -2.33. The summed E-state index contributed by atoms with van der Waals surface area (Å²) < 4.78 is 12.3. The smallest absolute Gasteiger partial charge is 0.312 e. The van der Waals surface area contributed by atoms with Crippen LogP contribution in [0.25, 0.3) is 0 Å². The van der Waals surface area contributed by atoms with Crippen LogP contribution in [0.15, 0.2) is 0 Å². The topological polar surface area (TPSA) is 110 Å². The molecule has 0 fully saturated rings. The Morgan fingerprint density at radius 2 is 2.20 bits per heavy atom. The number of aliphatic hydroxyl groups excluding tert-OH is 1. The lowest BCUT2D eigenvalue weighted by Gasteiger charge is -2.12. The van der Waals surface area contributed by atoms with Crippen molar-refractivity contribution >= 4 is 16.5 Å². The summed E-state index contributed by atoms with van der Waals surface area (Å²) >= 11 is 0. The Labute approximate surface area is 119 Å². The normalized spacial score (nSPS) is 14.2. The van der Waals surface area contributed by atoms with Crippen molar-refractivity contribution in [1.29, 1.82) is 0 Å². The Balaban J connectivity index is 2.54. The van der Waals surface area contributed by atoms with Gasteiger partial charge in [-0.3, -0.25) is 19.0 Å². The molecule has 114 valence electrons. The molecule has 0 aliphatic heterocycles. The summed E-state index contributed by atoms with van der Waals surface area (Å²) in [6.45, 7) is 4.24. The Kier molecular flexibility index (Phi) is 6.24. The first-order valence-corrected chi connectivity index (χ1v) is 7.92. The van der Waals surface area contributed by atoms with E-state index in [9.17, 15) is 19.4 Å². The zero-order valence-electron chi connectivity index (χ0n) is 11.8. The van der Waals surface area contributed by atoms with E-state index in [1.54, 1.807) is 20.1 Å². The number of aromatic nitrogens is 2. The number of aliphatic hydroxyl groups is 1. The van der Waals surface area contributed by atoms with Gasteiger partial charge >= 0.3 is 5.69 Å². The van der Waals surface area contributed by atoms with Crippen molar-refractivity contribution in [2.24, 2.45) is 0 Å². The van der Waals surface area contributed by atoms with Gasteiger partial charge in [-0.2, -0.15) is 5.10 Å². The van der Waals surface area contributed by atoms with Crippen LogP contribution in [0, 0.1) is 24.0 Å². The first kappa shape index (κ1) is 16.7. The summed E-state index contributed by atoms with van der Waals surface area (Å²) in [4.78, 5) is 10.4. The van der Waals surface area contributed by atoms with Gasteiger partial charge < -0.3 is 10.4 Å². The second kappa shape index (κ2) is 7.46. The fourth-order valence-corrected chi connectivity index (χ4v) is 2.31. The van der Waals surface area contributed by atoms with Gasteiger partial charge in [0.2, 0.25) is 0 Å². The third kappa shape index (κ3) is 4.66. The second-order valence-corrected chi connectivity index (χ2v) is 6.15. The molecule has 9 heteroatoms. The maximum atomic E-state index is 10.9. The van der Waals surface area contributed by atoms with Gasteiger partial charge in [0, 0.05) is 35.9 Å². The predicted molar refractivity (Wildman–Crippen MR) is 76.2 cm³/mol. The van der Waals surface area contributed by atoms with Crippen LogP contribution in [0.1, 0.15) is 11.4 Å². The first-order chi connectivity index (χ1) is 9.32. The van der Waals surface area contributed by atoms with E-state index in [0.29, 0.717) is 30.2 Å². The maximum Gasteiger partial charge on any atom is 0.312 e. The highest BCUT2D eigenvalue weighted by molar-refractivity contribution is 7.84.